The molecule has 0 aliphatic carbocycles. The van der Waals surface area contributed by atoms with Gasteiger partial charge in [0.15, 0.2) is 5.54 Å². The molecule has 0 unspecified atom stereocenters. The van der Waals surface area contributed by atoms with Crippen LogP contribution in [0.3, 0.4) is 0 Å². The molecule has 0 bridgehead atoms. The number of rotatable bonds is 5. The van der Waals surface area contributed by atoms with Crippen molar-refractivity contribution in [2.24, 2.45) is 0 Å². The molecule has 0 atom stereocenters. The Bertz CT molecular complexity index is 1200. The van der Waals surface area contributed by atoms with E-state index in [4.69, 9.17) is 0 Å². The lowest BCUT2D eigenvalue weighted by Crippen LogP contribution is -2.47. The van der Waals surface area contributed by atoms with Crippen molar-refractivity contribution in [3.05, 3.63) is 114 Å². The second-order valence-electron chi connectivity index (χ2n) is 8.49. The maximum Gasteiger partial charge on any atom is 0.326 e. The summed E-state index contributed by atoms with van der Waals surface area (Å²) in [6.45, 7) is 0.710. The van der Waals surface area contributed by atoms with Crippen LogP contribution in [0.2, 0.25) is 0 Å². The van der Waals surface area contributed by atoms with Gasteiger partial charge in [0.1, 0.15) is 6.54 Å². The molecule has 5 rings (SSSR count). The molecular weight excluding hydrogens is 426 g/mol. The fourth-order valence-electron chi connectivity index (χ4n) is 4.70. The van der Waals surface area contributed by atoms with Crippen molar-refractivity contribution in [1.82, 2.24) is 15.1 Å². The van der Waals surface area contributed by atoms with Crippen molar-refractivity contribution in [3.8, 4) is 0 Å². The van der Waals surface area contributed by atoms with Crippen LogP contribution in [0, 0.1) is 0 Å². The molecule has 34 heavy (non-hydrogen) atoms. The fraction of sp³-hybridized carbons (Fsp3) is 0.179. The summed E-state index contributed by atoms with van der Waals surface area (Å²) in [4.78, 5) is 42.6. The van der Waals surface area contributed by atoms with Crippen LogP contribution in [-0.2, 0) is 15.1 Å². The van der Waals surface area contributed by atoms with Crippen molar-refractivity contribution >= 4 is 23.4 Å². The Morgan fingerprint density at radius 1 is 0.824 bits per heavy atom. The smallest absolute Gasteiger partial charge is 0.326 e. The Labute approximate surface area is 198 Å². The number of urea groups is 1. The number of carbonyl (C=O) groups excluding carboxylic acids is 3. The number of carbonyl (C=O) groups is 3. The van der Waals surface area contributed by atoms with Gasteiger partial charge in [-0.3, -0.25) is 14.5 Å². The van der Waals surface area contributed by atoms with Gasteiger partial charge >= 0.3 is 6.03 Å². The van der Waals surface area contributed by atoms with Crippen molar-refractivity contribution in [2.45, 2.75) is 12.0 Å². The fourth-order valence-corrected chi connectivity index (χ4v) is 4.70. The first-order valence-corrected chi connectivity index (χ1v) is 11.4. The summed E-state index contributed by atoms with van der Waals surface area (Å²) in [5.74, 6) is -0.690. The molecule has 6 nitrogen and oxygen atoms in total. The van der Waals surface area contributed by atoms with E-state index in [0.29, 0.717) is 24.2 Å². The van der Waals surface area contributed by atoms with E-state index in [9.17, 15) is 14.4 Å². The van der Waals surface area contributed by atoms with Gasteiger partial charge in [0, 0.05) is 13.1 Å². The van der Waals surface area contributed by atoms with E-state index in [1.807, 2.05) is 84.9 Å². The molecule has 6 heteroatoms. The van der Waals surface area contributed by atoms with Crippen LogP contribution in [0.1, 0.15) is 23.1 Å². The molecule has 0 spiro atoms. The first kappa shape index (κ1) is 21.6. The summed E-state index contributed by atoms with van der Waals surface area (Å²) in [6.07, 6.45) is 2.77. The summed E-state index contributed by atoms with van der Waals surface area (Å²) < 4.78 is 0. The highest BCUT2D eigenvalue weighted by Gasteiger charge is 2.54. The van der Waals surface area contributed by atoms with Gasteiger partial charge in [-0.1, -0.05) is 97.1 Å². The number of hydrogen-bond acceptors (Lipinski definition) is 3. The SMILES string of the molecule is O=C(CN1C(=O)NC(c2ccccc2)(c2ccccc2)C1=O)N1CC=C(c2ccccc2)CC1. The highest BCUT2D eigenvalue weighted by atomic mass is 16.2. The quantitative estimate of drug-likeness (QED) is 0.600. The van der Waals surface area contributed by atoms with Crippen LogP contribution in [0.25, 0.3) is 5.57 Å². The van der Waals surface area contributed by atoms with Gasteiger partial charge in [-0.25, -0.2) is 4.79 Å². The van der Waals surface area contributed by atoms with Crippen molar-refractivity contribution < 1.29 is 14.4 Å². The maximum absolute atomic E-state index is 13.8. The Hall–Kier alpha value is -4.19. The highest BCUT2D eigenvalue weighted by molar-refractivity contribution is 6.11. The van der Waals surface area contributed by atoms with Crippen molar-refractivity contribution in [3.63, 3.8) is 0 Å². The third-order valence-electron chi connectivity index (χ3n) is 6.52. The van der Waals surface area contributed by atoms with Gasteiger partial charge in [-0.15, -0.1) is 0 Å². The molecule has 2 aliphatic rings. The first-order valence-electron chi connectivity index (χ1n) is 11.4. The van der Waals surface area contributed by atoms with E-state index in [1.54, 1.807) is 4.90 Å². The average molecular weight is 452 g/mol. The predicted molar refractivity (Wildman–Crippen MR) is 130 cm³/mol. The first-order chi connectivity index (χ1) is 16.6. The Kier molecular flexibility index (Phi) is 5.72. The zero-order chi connectivity index (χ0) is 23.5. The second-order valence-corrected chi connectivity index (χ2v) is 8.49. The third-order valence-corrected chi connectivity index (χ3v) is 6.52. The predicted octanol–water partition coefficient (Wildman–Crippen LogP) is 3.80. The van der Waals surface area contributed by atoms with E-state index in [-0.39, 0.29) is 12.5 Å². The maximum atomic E-state index is 13.8. The Morgan fingerprint density at radius 3 is 1.91 bits per heavy atom. The molecule has 1 saturated heterocycles. The van der Waals surface area contributed by atoms with Crippen LogP contribution in [0.15, 0.2) is 97.1 Å². The van der Waals surface area contributed by atoms with Gasteiger partial charge in [0.2, 0.25) is 5.91 Å². The second kappa shape index (κ2) is 8.98. The zero-order valence-corrected chi connectivity index (χ0v) is 18.7. The van der Waals surface area contributed by atoms with Crippen molar-refractivity contribution in [2.75, 3.05) is 19.6 Å². The lowest BCUT2D eigenvalue weighted by molar-refractivity contribution is -0.138. The van der Waals surface area contributed by atoms with Gasteiger partial charge in [-0.05, 0) is 28.7 Å². The lowest BCUT2D eigenvalue weighted by atomic mass is 9.82. The lowest BCUT2D eigenvalue weighted by Gasteiger charge is -2.29. The van der Waals surface area contributed by atoms with Crippen LogP contribution in [0.5, 0.6) is 0 Å². The number of amides is 4. The number of hydrogen-bond donors (Lipinski definition) is 1. The van der Waals surface area contributed by atoms with E-state index >= 15 is 0 Å². The van der Waals surface area contributed by atoms with Crippen LogP contribution in [0.4, 0.5) is 4.79 Å². The molecule has 4 amide bonds. The average Bonchev–Trinajstić information content (AvgIpc) is 3.16. The normalized spacial score (nSPS) is 17.4. The standard InChI is InChI=1S/C28H25N3O3/c32-25(30-18-16-22(17-19-30)21-10-4-1-5-11-21)20-31-26(33)28(29-27(31)34,23-12-6-2-7-13-23)24-14-8-3-9-15-24/h1-16H,17-20H2,(H,29,34). The molecule has 3 aromatic carbocycles. The van der Waals surface area contributed by atoms with E-state index in [0.717, 1.165) is 16.9 Å². The van der Waals surface area contributed by atoms with Crippen LogP contribution < -0.4 is 5.32 Å². The number of nitrogens with one attached hydrogen (secondary N) is 1. The zero-order valence-electron chi connectivity index (χ0n) is 18.7. The third kappa shape index (κ3) is 3.77. The number of benzene rings is 3. The van der Waals surface area contributed by atoms with Gasteiger partial charge in [0.25, 0.3) is 5.91 Å². The minimum absolute atomic E-state index is 0.246. The van der Waals surface area contributed by atoms with Gasteiger partial charge in [-0.2, -0.15) is 0 Å². The minimum Gasteiger partial charge on any atom is -0.337 e. The summed E-state index contributed by atoms with van der Waals surface area (Å²) in [5, 5.41) is 2.89. The molecule has 170 valence electrons. The van der Waals surface area contributed by atoms with Crippen LogP contribution in [-0.4, -0.2) is 47.3 Å². The highest BCUT2D eigenvalue weighted by Crippen LogP contribution is 2.36. The molecule has 0 aromatic heterocycles. The van der Waals surface area contributed by atoms with Crippen LogP contribution >= 0.6 is 0 Å². The molecule has 1 N–H and O–H groups in total. The van der Waals surface area contributed by atoms with E-state index in [1.165, 1.54) is 5.57 Å². The minimum atomic E-state index is -1.36. The number of nitrogens with zero attached hydrogens (tertiary/aromatic N) is 2. The van der Waals surface area contributed by atoms with E-state index < -0.39 is 17.5 Å². The molecule has 0 radical (unpaired) electrons. The molecular formula is C28H25N3O3. The molecule has 3 aromatic rings. The summed E-state index contributed by atoms with van der Waals surface area (Å²) in [5.41, 5.74) is 2.30. The van der Waals surface area contributed by atoms with Crippen molar-refractivity contribution in [1.29, 1.82) is 0 Å². The van der Waals surface area contributed by atoms with Gasteiger partial charge in [0.05, 0.1) is 0 Å². The largest absolute Gasteiger partial charge is 0.337 e. The molecule has 2 aliphatic heterocycles. The molecule has 1 fully saturated rings. The monoisotopic (exact) mass is 451 g/mol. The summed E-state index contributed by atoms with van der Waals surface area (Å²) in [6, 6.07) is 27.8. The molecule has 2 heterocycles. The Balaban J connectivity index is 1.37. The molecule has 0 saturated carbocycles. The van der Waals surface area contributed by atoms with E-state index in [2.05, 4.69) is 17.4 Å². The van der Waals surface area contributed by atoms with Gasteiger partial charge < -0.3 is 10.2 Å². The summed E-state index contributed by atoms with van der Waals surface area (Å²) in [7, 11) is 0. The number of imide groups is 1. The topological polar surface area (TPSA) is 69.7 Å². The summed E-state index contributed by atoms with van der Waals surface area (Å²) >= 11 is 0. The Morgan fingerprint density at radius 2 is 1.38 bits per heavy atom.